The Balaban J connectivity index is 1.61. The molecule has 3 rings (SSSR count). The van der Waals surface area contributed by atoms with Crippen molar-refractivity contribution in [2.45, 2.75) is 26.4 Å². The number of ether oxygens (including phenoxy) is 1. The molecule has 1 aliphatic heterocycles. The quantitative estimate of drug-likeness (QED) is 0.687. The fraction of sp³-hybridized carbons (Fsp3) is 0.500. The highest BCUT2D eigenvalue weighted by Crippen LogP contribution is 2.20. The van der Waals surface area contributed by atoms with Gasteiger partial charge in [-0.2, -0.15) is 0 Å². The van der Waals surface area contributed by atoms with Crippen LogP contribution in [0.4, 0.5) is 8.78 Å². The van der Waals surface area contributed by atoms with Crippen molar-refractivity contribution in [2.24, 2.45) is 0 Å². The van der Waals surface area contributed by atoms with Crippen molar-refractivity contribution >= 4 is 11.3 Å². The smallest absolute Gasteiger partial charge is 0.130 e. The molecule has 0 amide bonds. The molecule has 2 aromatic rings. The lowest BCUT2D eigenvalue weighted by Gasteiger charge is -2.28. The van der Waals surface area contributed by atoms with Gasteiger partial charge < -0.3 is 4.74 Å². The molecular formula is C20H26F2N2OS. The first-order valence-electron chi connectivity index (χ1n) is 9.11. The molecule has 0 unspecified atom stereocenters. The predicted octanol–water partition coefficient (Wildman–Crippen LogP) is 4.06. The lowest BCUT2D eigenvalue weighted by molar-refractivity contribution is 0.0359. The summed E-state index contributed by atoms with van der Waals surface area (Å²) in [4.78, 5) is 5.98. The Morgan fingerprint density at radius 1 is 1.15 bits per heavy atom. The number of benzene rings is 1. The molecule has 0 bridgehead atoms. The topological polar surface area (TPSA) is 15.7 Å². The summed E-state index contributed by atoms with van der Waals surface area (Å²) in [5, 5.41) is 2.09. The van der Waals surface area contributed by atoms with Gasteiger partial charge in [-0.15, -0.1) is 11.3 Å². The van der Waals surface area contributed by atoms with Crippen LogP contribution in [0.2, 0.25) is 0 Å². The van der Waals surface area contributed by atoms with Crippen LogP contribution in [0.1, 0.15) is 22.4 Å². The summed E-state index contributed by atoms with van der Waals surface area (Å²) >= 11 is 1.73. The second-order valence-corrected chi connectivity index (χ2v) is 7.78. The fourth-order valence-corrected chi connectivity index (χ4v) is 4.16. The van der Waals surface area contributed by atoms with Crippen LogP contribution in [0.25, 0.3) is 0 Å². The van der Waals surface area contributed by atoms with E-state index in [2.05, 4.69) is 28.2 Å². The molecule has 0 atom stereocenters. The average Bonchev–Trinajstić information content (AvgIpc) is 3.03. The molecule has 1 fully saturated rings. The Bertz CT molecular complexity index is 701. The molecule has 1 aromatic carbocycles. The van der Waals surface area contributed by atoms with Crippen LogP contribution < -0.4 is 0 Å². The van der Waals surface area contributed by atoms with Crippen LogP contribution >= 0.6 is 11.3 Å². The lowest BCUT2D eigenvalue weighted by Crippen LogP contribution is -2.38. The van der Waals surface area contributed by atoms with E-state index in [0.717, 1.165) is 58.4 Å². The van der Waals surface area contributed by atoms with E-state index >= 15 is 0 Å². The maximum absolute atomic E-state index is 14.1. The van der Waals surface area contributed by atoms with Gasteiger partial charge in [0.15, 0.2) is 0 Å². The third-order valence-corrected chi connectivity index (χ3v) is 5.80. The summed E-state index contributed by atoms with van der Waals surface area (Å²) in [6, 6.07) is 5.98. The monoisotopic (exact) mass is 380 g/mol. The van der Waals surface area contributed by atoms with Crippen LogP contribution in [0.15, 0.2) is 29.6 Å². The number of hydrogen-bond donors (Lipinski definition) is 0. The van der Waals surface area contributed by atoms with E-state index in [-0.39, 0.29) is 0 Å². The molecule has 0 radical (unpaired) electrons. The van der Waals surface area contributed by atoms with Gasteiger partial charge in [0.1, 0.15) is 11.6 Å². The first kappa shape index (κ1) is 19.4. The van der Waals surface area contributed by atoms with Gasteiger partial charge in [-0.05, 0) is 43.0 Å². The largest absolute Gasteiger partial charge is 0.379 e. The van der Waals surface area contributed by atoms with Gasteiger partial charge in [0.25, 0.3) is 0 Å². The van der Waals surface area contributed by atoms with Crippen molar-refractivity contribution < 1.29 is 13.5 Å². The molecule has 1 aliphatic rings. The maximum Gasteiger partial charge on any atom is 0.130 e. The lowest BCUT2D eigenvalue weighted by atomic mass is 10.1. The van der Waals surface area contributed by atoms with Crippen molar-refractivity contribution in [3.63, 3.8) is 0 Å². The van der Waals surface area contributed by atoms with Gasteiger partial charge in [-0.25, -0.2) is 8.78 Å². The number of hydrogen-bond acceptors (Lipinski definition) is 4. The molecule has 0 aliphatic carbocycles. The normalized spacial score (nSPS) is 15.7. The van der Waals surface area contributed by atoms with Crippen LogP contribution in [-0.4, -0.2) is 49.2 Å². The molecule has 26 heavy (non-hydrogen) atoms. The predicted molar refractivity (Wildman–Crippen MR) is 101 cm³/mol. The third-order valence-electron chi connectivity index (χ3n) is 4.80. The van der Waals surface area contributed by atoms with Gasteiger partial charge >= 0.3 is 0 Å². The molecule has 6 heteroatoms. The van der Waals surface area contributed by atoms with Crippen LogP contribution in [0.5, 0.6) is 0 Å². The van der Waals surface area contributed by atoms with Crippen LogP contribution in [0, 0.1) is 18.6 Å². The Kier molecular flexibility index (Phi) is 7.14. The minimum absolute atomic E-state index is 0.467. The van der Waals surface area contributed by atoms with E-state index in [4.69, 9.17) is 4.74 Å². The van der Waals surface area contributed by atoms with Gasteiger partial charge in [-0.1, -0.05) is 6.07 Å². The second-order valence-electron chi connectivity index (χ2n) is 6.78. The molecule has 142 valence electrons. The second kappa shape index (κ2) is 9.55. The molecular weight excluding hydrogens is 354 g/mol. The Morgan fingerprint density at radius 2 is 1.96 bits per heavy atom. The SMILES string of the molecule is Cc1ccsc1CN(CCCN1CCOCC1)Cc1ccc(F)cc1F. The summed E-state index contributed by atoms with van der Waals surface area (Å²) < 4.78 is 32.7. The zero-order chi connectivity index (χ0) is 18.4. The van der Waals surface area contributed by atoms with Crippen LogP contribution in [0.3, 0.4) is 0 Å². The van der Waals surface area contributed by atoms with Gasteiger partial charge in [-0.3, -0.25) is 9.80 Å². The minimum Gasteiger partial charge on any atom is -0.379 e. The Labute approximate surface area is 158 Å². The number of rotatable bonds is 8. The number of halogens is 2. The standard InChI is InChI=1S/C20H26F2N2OS/c1-16-5-12-26-20(16)15-24(7-2-6-23-8-10-25-11-9-23)14-17-3-4-18(21)13-19(17)22/h3-5,12-13H,2,6-11,14-15H2,1H3. The van der Waals surface area contributed by atoms with Crippen molar-refractivity contribution in [2.75, 3.05) is 39.4 Å². The average molecular weight is 381 g/mol. The Morgan fingerprint density at radius 3 is 2.65 bits per heavy atom. The minimum atomic E-state index is -0.529. The molecule has 1 aromatic heterocycles. The van der Waals surface area contributed by atoms with E-state index in [1.807, 2.05) is 0 Å². The first-order chi connectivity index (χ1) is 12.6. The molecule has 1 saturated heterocycles. The van der Waals surface area contributed by atoms with E-state index in [9.17, 15) is 8.78 Å². The van der Waals surface area contributed by atoms with Crippen molar-refractivity contribution in [1.82, 2.24) is 9.80 Å². The first-order valence-corrected chi connectivity index (χ1v) is 9.99. The van der Waals surface area contributed by atoms with E-state index in [1.54, 1.807) is 17.4 Å². The summed E-state index contributed by atoms with van der Waals surface area (Å²) in [5.41, 5.74) is 1.82. The molecule has 2 heterocycles. The van der Waals surface area contributed by atoms with Crippen molar-refractivity contribution in [3.05, 3.63) is 57.3 Å². The molecule has 3 nitrogen and oxygen atoms in total. The molecule has 0 saturated carbocycles. The zero-order valence-corrected chi connectivity index (χ0v) is 16.0. The number of thiophene rings is 1. The van der Waals surface area contributed by atoms with Gasteiger partial charge in [0.2, 0.25) is 0 Å². The number of morpholine rings is 1. The van der Waals surface area contributed by atoms with Crippen molar-refractivity contribution in [3.8, 4) is 0 Å². The third kappa shape index (κ3) is 5.58. The summed E-state index contributed by atoms with van der Waals surface area (Å²) in [6.07, 6.45) is 1.02. The highest BCUT2D eigenvalue weighted by atomic mass is 32.1. The summed E-state index contributed by atoms with van der Waals surface area (Å²) in [6.45, 7) is 8.87. The van der Waals surface area contributed by atoms with Crippen molar-refractivity contribution in [1.29, 1.82) is 0 Å². The number of nitrogens with zero attached hydrogens (tertiary/aromatic N) is 2. The molecule has 0 spiro atoms. The van der Waals surface area contributed by atoms with Crippen LogP contribution in [-0.2, 0) is 17.8 Å². The van der Waals surface area contributed by atoms with E-state index in [0.29, 0.717) is 12.1 Å². The van der Waals surface area contributed by atoms with E-state index < -0.39 is 11.6 Å². The Hall–Kier alpha value is -1.34. The highest BCUT2D eigenvalue weighted by Gasteiger charge is 2.15. The molecule has 0 N–H and O–H groups in total. The summed E-state index contributed by atoms with van der Waals surface area (Å²) in [5.74, 6) is -0.995. The number of aryl methyl sites for hydroxylation is 1. The van der Waals surface area contributed by atoms with Gasteiger partial charge in [0, 0.05) is 49.2 Å². The highest BCUT2D eigenvalue weighted by molar-refractivity contribution is 7.10. The van der Waals surface area contributed by atoms with Gasteiger partial charge in [0.05, 0.1) is 13.2 Å². The maximum atomic E-state index is 14.1. The van der Waals surface area contributed by atoms with E-state index in [1.165, 1.54) is 16.5 Å². The summed E-state index contributed by atoms with van der Waals surface area (Å²) in [7, 11) is 0. The fourth-order valence-electron chi connectivity index (χ4n) is 3.22. The zero-order valence-electron chi connectivity index (χ0n) is 15.2.